The number of rotatable bonds is 3. The average Bonchev–Trinajstić information content (AvgIpc) is 2.58. The molecule has 2 N–H and O–H groups in total. The van der Waals surface area contributed by atoms with Crippen LogP contribution < -0.4 is 4.74 Å². The topological polar surface area (TPSA) is 66.8 Å². The molecule has 0 spiro atoms. The molecule has 4 nitrogen and oxygen atoms in total. The predicted molar refractivity (Wildman–Crippen MR) is 57.9 cm³/mol. The van der Waals surface area contributed by atoms with Crippen molar-refractivity contribution in [1.82, 2.24) is 0 Å². The Balaban J connectivity index is 2.37. The number of aliphatic carboxylic acids is 1. The quantitative estimate of drug-likeness (QED) is 0.846. The van der Waals surface area contributed by atoms with E-state index in [2.05, 4.69) is 0 Å². The average molecular weight is 243 g/mol. The summed E-state index contributed by atoms with van der Waals surface area (Å²) in [4.78, 5) is 11.0. The van der Waals surface area contributed by atoms with Crippen LogP contribution in [0.4, 0.5) is 0 Å². The van der Waals surface area contributed by atoms with Gasteiger partial charge >= 0.3 is 5.97 Å². The number of aliphatic hydroxyl groups is 1. The highest BCUT2D eigenvalue weighted by atomic mass is 35.5. The Kier molecular flexibility index (Phi) is 3.03. The van der Waals surface area contributed by atoms with Crippen molar-refractivity contribution < 1.29 is 19.7 Å². The molecule has 0 aliphatic carbocycles. The fraction of sp³-hybridized carbons (Fsp3) is 0.364. The molecule has 0 saturated carbocycles. The van der Waals surface area contributed by atoms with Crippen LogP contribution in [0.2, 0.25) is 5.02 Å². The maximum absolute atomic E-state index is 11.0. The van der Waals surface area contributed by atoms with Crippen LogP contribution >= 0.6 is 11.6 Å². The van der Waals surface area contributed by atoms with E-state index in [0.717, 1.165) is 5.56 Å². The molecule has 0 aromatic heterocycles. The van der Waals surface area contributed by atoms with Gasteiger partial charge in [-0.05, 0) is 24.6 Å². The van der Waals surface area contributed by atoms with Crippen LogP contribution in [0.5, 0.6) is 5.75 Å². The highest BCUT2D eigenvalue weighted by molar-refractivity contribution is 6.30. The number of carboxylic acid groups (broad SMARTS) is 1. The van der Waals surface area contributed by atoms with Crippen molar-refractivity contribution in [3.8, 4) is 5.75 Å². The second-order valence-corrected chi connectivity index (χ2v) is 4.11. The fourth-order valence-electron chi connectivity index (χ4n) is 1.97. The number of fused-ring (bicyclic) bond motifs is 1. The van der Waals surface area contributed by atoms with E-state index in [1.54, 1.807) is 18.2 Å². The molecule has 0 bridgehead atoms. The van der Waals surface area contributed by atoms with Gasteiger partial charge in [0, 0.05) is 23.1 Å². The van der Waals surface area contributed by atoms with E-state index >= 15 is 0 Å². The van der Waals surface area contributed by atoms with Crippen LogP contribution in [-0.4, -0.2) is 28.9 Å². The minimum absolute atomic E-state index is 0.0796. The van der Waals surface area contributed by atoms with Crippen LogP contribution in [0.1, 0.15) is 17.9 Å². The van der Waals surface area contributed by atoms with E-state index in [1.165, 1.54) is 0 Å². The normalized spacial score (nSPS) is 22.6. The lowest BCUT2D eigenvalue weighted by molar-refractivity contribution is -0.145. The molecule has 2 rings (SSSR count). The SMILES string of the molecule is O=C(O)C1Oc2ccc(Cl)cc2C1CCO. The first-order chi connectivity index (χ1) is 7.63. The Morgan fingerprint density at radius 1 is 1.50 bits per heavy atom. The van der Waals surface area contributed by atoms with Gasteiger partial charge in [-0.3, -0.25) is 0 Å². The molecule has 0 amide bonds. The van der Waals surface area contributed by atoms with Crippen molar-refractivity contribution in [2.75, 3.05) is 6.61 Å². The van der Waals surface area contributed by atoms with Gasteiger partial charge in [0.1, 0.15) is 5.75 Å². The van der Waals surface area contributed by atoms with Crippen LogP contribution in [0, 0.1) is 0 Å². The number of hydrogen-bond donors (Lipinski definition) is 2. The van der Waals surface area contributed by atoms with Gasteiger partial charge < -0.3 is 14.9 Å². The van der Waals surface area contributed by atoms with Crippen molar-refractivity contribution in [3.63, 3.8) is 0 Å². The Morgan fingerprint density at radius 3 is 2.88 bits per heavy atom. The van der Waals surface area contributed by atoms with E-state index in [-0.39, 0.29) is 12.5 Å². The molecule has 0 saturated heterocycles. The summed E-state index contributed by atoms with van der Waals surface area (Å²) < 4.78 is 5.32. The number of halogens is 1. The highest BCUT2D eigenvalue weighted by Crippen LogP contribution is 2.41. The first kappa shape index (κ1) is 11.2. The number of carbonyl (C=O) groups is 1. The monoisotopic (exact) mass is 242 g/mol. The van der Waals surface area contributed by atoms with Crippen molar-refractivity contribution in [2.24, 2.45) is 0 Å². The standard InChI is InChI=1S/C11H11ClO4/c12-6-1-2-9-8(5-6)7(3-4-13)10(16-9)11(14)15/h1-2,5,7,10,13H,3-4H2,(H,14,15). The van der Waals surface area contributed by atoms with Gasteiger partial charge in [-0.25, -0.2) is 4.79 Å². The van der Waals surface area contributed by atoms with Crippen LogP contribution in [0.15, 0.2) is 18.2 Å². The van der Waals surface area contributed by atoms with E-state index in [9.17, 15) is 4.79 Å². The third-order valence-electron chi connectivity index (χ3n) is 2.67. The summed E-state index contributed by atoms with van der Waals surface area (Å²) in [5.41, 5.74) is 0.758. The van der Waals surface area contributed by atoms with Crippen LogP contribution in [-0.2, 0) is 4.79 Å². The largest absolute Gasteiger partial charge is 0.478 e. The number of aliphatic hydroxyl groups excluding tert-OH is 1. The number of benzene rings is 1. The molecule has 1 aromatic rings. The summed E-state index contributed by atoms with van der Waals surface area (Å²) in [5.74, 6) is -0.822. The first-order valence-electron chi connectivity index (χ1n) is 4.93. The fourth-order valence-corrected chi connectivity index (χ4v) is 2.15. The maximum Gasteiger partial charge on any atom is 0.345 e. The first-order valence-corrected chi connectivity index (χ1v) is 5.31. The van der Waals surface area contributed by atoms with Crippen LogP contribution in [0.25, 0.3) is 0 Å². The molecule has 16 heavy (non-hydrogen) atoms. The predicted octanol–water partition coefficient (Wildman–Crippen LogP) is 1.65. The molecule has 86 valence electrons. The van der Waals surface area contributed by atoms with E-state index in [1.807, 2.05) is 0 Å². The lowest BCUT2D eigenvalue weighted by Gasteiger charge is -2.13. The van der Waals surface area contributed by atoms with Gasteiger partial charge in [-0.1, -0.05) is 11.6 Å². The van der Waals surface area contributed by atoms with Crippen molar-refractivity contribution in [2.45, 2.75) is 18.4 Å². The van der Waals surface area contributed by atoms with E-state index in [0.29, 0.717) is 17.2 Å². The van der Waals surface area contributed by atoms with Gasteiger partial charge in [0.25, 0.3) is 0 Å². The van der Waals surface area contributed by atoms with Crippen LogP contribution in [0.3, 0.4) is 0 Å². The summed E-state index contributed by atoms with van der Waals surface area (Å²) in [6.45, 7) is -0.0796. The van der Waals surface area contributed by atoms with Gasteiger partial charge in [0.05, 0.1) is 0 Å². The molecular formula is C11H11ClO4. The molecule has 0 fully saturated rings. The van der Waals surface area contributed by atoms with Gasteiger partial charge in [0.2, 0.25) is 6.10 Å². The Labute approximate surface area is 97.4 Å². The highest BCUT2D eigenvalue weighted by Gasteiger charge is 2.38. The summed E-state index contributed by atoms with van der Waals surface area (Å²) in [6.07, 6.45) is -0.578. The number of hydrogen-bond acceptors (Lipinski definition) is 3. The molecule has 5 heteroatoms. The van der Waals surface area contributed by atoms with E-state index in [4.69, 9.17) is 26.6 Å². The second kappa shape index (κ2) is 4.31. The van der Waals surface area contributed by atoms with Crippen molar-refractivity contribution >= 4 is 17.6 Å². The minimum Gasteiger partial charge on any atom is -0.478 e. The molecule has 0 radical (unpaired) electrons. The van der Waals surface area contributed by atoms with Crippen molar-refractivity contribution in [1.29, 1.82) is 0 Å². The summed E-state index contributed by atoms with van der Waals surface area (Å²) in [7, 11) is 0. The molecule has 1 aliphatic heterocycles. The summed E-state index contributed by atoms with van der Waals surface area (Å²) in [5, 5.41) is 18.5. The Hall–Kier alpha value is -1.26. The third kappa shape index (κ3) is 1.86. The molecule has 2 atom stereocenters. The second-order valence-electron chi connectivity index (χ2n) is 3.68. The number of ether oxygens (including phenoxy) is 1. The van der Waals surface area contributed by atoms with Gasteiger partial charge in [0.15, 0.2) is 0 Å². The molecule has 1 aromatic carbocycles. The van der Waals surface area contributed by atoms with Gasteiger partial charge in [-0.15, -0.1) is 0 Å². The zero-order valence-corrected chi connectivity index (χ0v) is 9.15. The molecule has 2 unspecified atom stereocenters. The summed E-state index contributed by atoms with van der Waals surface area (Å²) in [6, 6.07) is 5.01. The zero-order valence-electron chi connectivity index (χ0n) is 8.39. The molecule has 1 heterocycles. The lowest BCUT2D eigenvalue weighted by Crippen LogP contribution is -2.29. The summed E-state index contributed by atoms with van der Waals surface area (Å²) >= 11 is 5.85. The molecule has 1 aliphatic rings. The minimum atomic E-state index is -1.02. The van der Waals surface area contributed by atoms with E-state index < -0.39 is 12.1 Å². The zero-order chi connectivity index (χ0) is 11.7. The number of carboxylic acids is 1. The molecular weight excluding hydrogens is 232 g/mol. The third-order valence-corrected chi connectivity index (χ3v) is 2.91. The lowest BCUT2D eigenvalue weighted by atomic mass is 9.92. The smallest absolute Gasteiger partial charge is 0.345 e. The Bertz CT molecular complexity index is 418. The van der Waals surface area contributed by atoms with Crippen molar-refractivity contribution in [3.05, 3.63) is 28.8 Å². The maximum atomic E-state index is 11.0. The van der Waals surface area contributed by atoms with Gasteiger partial charge in [-0.2, -0.15) is 0 Å². The Morgan fingerprint density at radius 2 is 2.25 bits per heavy atom.